The van der Waals surface area contributed by atoms with Gasteiger partial charge in [-0.25, -0.2) is 0 Å². The van der Waals surface area contributed by atoms with Gasteiger partial charge in [0.05, 0.1) is 0 Å². The number of aryl methyl sites for hydroxylation is 1. The maximum Gasteiger partial charge on any atom is 0.155 e. The monoisotopic (exact) mass is 252 g/mol. The van der Waals surface area contributed by atoms with Crippen molar-refractivity contribution in [3.8, 4) is 0 Å². The van der Waals surface area contributed by atoms with Gasteiger partial charge in [-0.15, -0.1) is 0 Å². The fourth-order valence-corrected chi connectivity index (χ4v) is 1.36. The van der Waals surface area contributed by atoms with E-state index in [4.69, 9.17) is 0 Å². The van der Waals surface area contributed by atoms with Gasteiger partial charge in [-0.2, -0.15) is 0 Å². The molecule has 0 radical (unpaired) electrons. The predicted molar refractivity (Wildman–Crippen MR) is 63.2 cm³/mol. The summed E-state index contributed by atoms with van der Waals surface area (Å²) in [5.74, 6) is 0.116. The molecule has 0 N–H and O–H groups in total. The molecule has 1 aromatic rings. The largest absolute Gasteiger partial charge is 0.295 e. The predicted octanol–water partition coefficient (Wildman–Crippen LogP) is 3.75. The van der Waals surface area contributed by atoms with Gasteiger partial charge in [-0.3, -0.25) is 4.79 Å². The molecule has 14 heavy (non-hydrogen) atoms. The summed E-state index contributed by atoms with van der Waals surface area (Å²) in [6.07, 6.45) is 1.90. The van der Waals surface area contributed by atoms with Crippen LogP contribution in [0.4, 0.5) is 0 Å². The molecule has 0 aliphatic carbocycles. The summed E-state index contributed by atoms with van der Waals surface area (Å²) in [4.78, 5) is 11.0. The number of hydrogen-bond donors (Lipinski definition) is 0. The zero-order chi connectivity index (χ0) is 10.7. The van der Waals surface area contributed by atoms with Crippen molar-refractivity contribution >= 4 is 27.8 Å². The summed E-state index contributed by atoms with van der Waals surface area (Å²) in [6.45, 7) is 5.45. The maximum atomic E-state index is 11.0. The Hall–Kier alpha value is -0.890. The van der Waals surface area contributed by atoms with Crippen molar-refractivity contribution in [3.63, 3.8) is 0 Å². The Bertz CT molecular complexity index is 391. The van der Waals surface area contributed by atoms with Gasteiger partial charge >= 0.3 is 0 Å². The molecule has 74 valence electrons. The highest BCUT2D eigenvalue weighted by molar-refractivity contribution is 9.10. The zero-order valence-corrected chi connectivity index (χ0v) is 10.2. The van der Waals surface area contributed by atoms with Crippen molar-refractivity contribution in [2.45, 2.75) is 20.8 Å². The SMILES string of the molecule is CC(=O)/C(C)=C/c1ccc(Br)c(C)c1. The van der Waals surface area contributed by atoms with E-state index in [2.05, 4.69) is 22.0 Å². The van der Waals surface area contributed by atoms with E-state index in [1.165, 1.54) is 5.56 Å². The second kappa shape index (κ2) is 4.56. The van der Waals surface area contributed by atoms with E-state index in [9.17, 15) is 4.79 Å². The van der Waals surface area contributed by atoms with Crippen molar-refractivity contribution in [1.29, 1.82) is 0 Å². The highest BCUT2D eigenvalue weighted by Gasteiger charge is 1.98. The van der Waals surface area contributed by atoms with Crippen molar-refractivity contribution in [1.82, 2.24) is 0 Å². The fraction of sp³-hybridized carbons (Fsp3) is 0.250. The lowest BCUT2D eigenvalue weighted by molar-refractivity contribution is -0.113. The Kier molecular flexibility index (Phi) is 3.64. The van der Waals surface area contributed by atoms with Crippen LogP contribution >= 0.6 is 15.9 Å². The van der Waals surface area contributed by atoms with Crippen molar-refractivity contribution in [2.24, 2.45) is 0 Å². The summed E-state index contributed by atoms with van der Waals surface area (Å²) in [5.41, 5.74) is 3.03. The molecule has 0 aliphatic rings. The van der Waals surface area contributed by atoms with E-state index in [1.54, 1.807) is 6.92 Å². The molecule has 0 saturated heterocycles. The molecule has 0 atom stereocenters. The van der Waals surface area contributed by atoms with Crippen LogP contribution in [0, 0.1) is 6.92 Å². The van der Waals surface area contributed by atoms with Gasteiger partial charge in [0.1, 0.15) is 0 Å². The van der Waals surface area contributed by atoms with Crippen LogP contribution in [0.5, 0.6) is 0 Å². The lowest BCUT2D eigenvalue weighted by Gasteiger charge is -2.00. The number of carbonyl (C=O) groups excluding carboxylic acids is 1. The molecule has 0 aromatic heterocycles. The van der Waals surface area contributed by atoms with Gasteiger partial charge in [0, 0.05) is 4.47 Å². The Morgan fingerprint density at radius 1 is 1.36 bits per heavy atom. The van der Waals surface area contributed by atoms with E-state index >= 15 is 0 Å². The first kappa shape index (κ1) is 11.2. The summed E-state index contributed by atoms with van der Waals surface area (Å²) in [7, 11) is 0. The van der Waals surface area contributed by atoms with Gasteiger partial charge in [-0.05, 0) is 49.6 Å². The molecule has 0 unspecified atom stereocenters. The number of ketones is 1. The molecule has 0 spiro atoms. The van der Waals surface area contributed by atoms with Gasteiger partial charge in [0.15, 0.2) is 5.78 Å². The molecule has 1 aromatic carbocycles. The highest BCUT2D eigenvalue weighted by Crippen LogP contribution is 2.18. The fourth-order valence-electron chi connectivity index (χ4n) is 1.11. The molecular weight excluding hydrogens is 240 g/mol. The maximum absolute atomic E-state index is 11.0. The van der Waals surface area contributed by atoms with E-state index in [1.807, 2.05) is 32.1 Å². The van der Waals surface area contributed by atoms with Gasteiger partial charge in [0.2, 0.25) is 0 Å². The number of carbonyl (C=O) groups is 1. The lowest BCUT2D eigenvalue weighted by Crippen LogP contribution is -1.90. The first-order valence-corrected chi connectivity index (χ1v) is 5.25. The molecule has 0 bridgehead atoms. The van der Waals surface area contributed by atoms with Crippen molar-refractivity contribution in [3.05, 3.63) is 39.4 Å². The van der Waals surface area contributed by atoms with E-state index < -0.39 is 0 Å². The third-order valence-electron chi connectivity index (χ3n) is 2.12. The number of hydrogen-bond acceptors (Lipinski definition) is 1. The Morgan fingerprint density at radius 3 is 2.50 bits per heavy atom. The smallest absolute Gasteiger partial charge is 0.155 e. The van der Waals surface area contributed by atoms with Crippen LogP contribution in [-0.2, 0) is 4.79 Å². The molecule has 0 amide bonds. The van der Waals surface area contributed by atoms with Crippen LogP contribution in [0.3, 0.4) is 0 Å². The van der Waals surface area contributed by atoms with Crippen molar-refractivity contribution in [2.75, 3.05) is 0 Å². The summed E-state index contributed by atoms with van der Waals surface area (Å²) >= 11 is 3.44. The zero-order valence-electron chi connectivity index (χ0n) is 8.60. The number of benzene rings is 1. The molecule has 1 rings (SSSR count). The van der Waals surface area contributed by atoms with Gasteiger partial charge in [-0.1, -0.05) is 28.1 Å². The molecule has 0 aliphatic heterocycles. The second-order valence-corrected chi connectivity index (χ2v) is 4.25. The first-order valence-electron chi connectivity index (χ1n) is 4.46. The number of allylic oxidation sites excluding steroid dienone is 1. The normalized spacial score (nSPS) is 11.6. The Morgan fingerprint density at radius 2 is 2.00 bits per heavy atom. The topological polar surface area (TPSA) is 17.1 Å². The minimum absolute atomic E-state index is 0.116. The quantitative estimate of drug-likeness (QED) is 0.733. The standard InChI is InChI=1S/C12H13BrO/c1-8(10(3)14)6-11-4-5-12(13)9(2)7-11/h4-7H,1-3H3/b8-6+. The number of rotatable bonds is 2. The number of Topliss-reactive ketones (excluding diaryl/α,β-unsaturated/α-hetero) is 1. The minimum Gasteiger partial charge on any atom is -0.295 e. The molecule has 0 heterocycles. The highest BCUT2D eigenvalue weighted by atomic mass is 79.9. The van der Waals surface area contributed by atoms with Crippen molar-refractivity contribution < 1.29 is 4.79 Å². The first-order chi connectivity index (χ1) is 6.50. The van der Waals surface area contributed by atoms with Crippen LogP contribution < -0.4 is 0 Å². The molecule has 0 fully saturated rings. The Labute approximate surface area is 93.0 Å². The molecule has 1 nitrogen and oxygen atoms in total. The minimum atomic E-state index is 0.116. The summed E-state index contributed by atoms with van der Waals surface area (Å²) in [6, 6.07) is 6.04. The number of halogens is 1. The van der Waals surface area contributed by atoms with E-state index in [0.717, 1.165) is 15.6 Å². The van der Waals surface area contributed by atoms with Crippen LogP contribution in [0.1, 0.15) is 25.0 Å². The van der Waals surface area contributed by atoms with Crippen LogP contribution in [0.2, 0.25) is 0 Å². The third-order valence-corrected chi connectivity index (χ3v) is 3.01. The van der Waals surface area contributed by atoms with E-state index in [0.29, 0.717) is 0 Å². The van der Waals surface area contributed by atoms with Crippen LogP contribution in [0.25, 0.3) is 6.08 Å². The Balaban J connectivity index is 3.04. The molecule has 2 heteroatoms. The average Bonchev–Trinajstić information content (AvgIpc) is 2.11. The van der Waals surface area contributed by atoms with Gasteiger partial charge < -0.3 is 0 Å². The molecular formula is C12H13BrO. The summed E-state index contributed by atoms with van der Waals surface area (Å²) < 4.78 is 1.09. The lowest BCUT2D eigenvalue weighted by atomic mass is 10.1. The van der Waals surface area contributed by atoms with E-state index in [-0.39, 0.29) is 5.78 Å². The third kappa shape index (κ3) is 2.81. The van der Waals surface area contributed by atoms with Gasteiger partial charge in [0.25, 0.3) is 0 Å². The summed E-state index contributed by atoms with van der Waals surface area (Å²) in [5, 5.41) is 0. The molecule has 0 saturated carbocycles. The average molecular weight is 253 g/mol. The second-order valence-electron chi connectivity index (χ2n) is 3.39. The van der Waals surface area contributed by atoms with Crippen LogP contribution in [-0.4, -0.2) is 5.78 Å². The van der Waals surface area contributed by atoms with Crippen LogP contribution in [0.15, 0.2) is 28.2 Å².